The number of benzene rings is 2. The first-order chi connectivity index (χ1) is 23.4. The maximum atomic E-state index is 16.4. The van der Waals surface area contributed by atoms with Crippen molar-refractivity contribution in [3.63, 3.8) is 0 Å². The van der Waals surface area contributed by atoms with E-state index in [0.29, 0.717) is 6.07 Å². The summed E-state index contributed by atoms with van der Waals surface area (Å²) in [4.78, 5) is 43.1. The van der Waals surface area contributed by atoms with Crippen LogP contribution in [0.3, 0.4) is 0 Å². The fourth-order valence-electron chi connectivity index (χ4n) is 6.01. The molecule has 1 amide bonds. The van der Waals surface area contributed by atoms with Gasteiger partial charge in [0.05, 0.1) is 29.9 Å². The predicted molar refractivity (Wildman–Crippen MR) is 172 cm³/mol. The zero-order chi connectivity index (χ0) is 37.1. The number of nitrogens with zero attached hydrogens (tertiary/aromatic N) is 3. The van der Waals surface area contributed by atoms with E-state index in [1.54, 1.807) is 20.0 Å². The first-order valence-corrected chi connectivity index (χ1v) is 15.5. The van der Waals surface area contributed by atoms with Crippen molar-refractivity contribution < 1.29 is 41.0 Å². The number of rotatable bonds is 12. The molecule has 50 heavy (non-hydrogen) atoms. The minimum Gasteiger partial charge on any atom is -0.481 e. The van der Waals surface area contributed by atoms with Crippen LogP contribution in [0.4, 0.5) is 26.3 Å². The molecule has 0 radical (unpaired) electrons. The van der Waals surface area contributed by atoms with Crippen molar-refractivity contribution in [2.75, 3.05) is 0 Å². The molecule has 264 valence electrons. The van der Waals surface area contributed by atoms with Crippen LogP contribution in [0, 0.1) is 49.6 Å². The summed E-state index contributed by atoms with van der Waals surface area (Å²) in [7, 11) is 0. The number of amides is 1. The van der Waals surface area contributed by atoms with E-state index in [2.05, 4.69) is 16.2 Å². The van der Waals surface area contributed by atoms with Crippen LogP contribution < -0.4 is 10.9 Å². The summed E-state index contributed by atoms with van der Waals surface area (Å²) < 4.78 is 90.9. The molecular formula is C36H34F6N4O4. The SMILES string of the molecule is C#Cc1cc(-c2c(C)cc(F)cc2C)c(F)c(C(CC(=O)O)NC(=O)C(CC(C)C)n2cc(CCn3ccnc3)c(C(F)(F)F)cc2=O)c1F. The maximum Gasteiger partial charge on any atom is 0.416 e. The molecule has 2 aromatic carbocycles. The molecule has 2 aromatic heterocycles. The molecular weight excluding hydrogens is 666 g/mol. The molecule has 0 saturated carbocycles. The van der Waals surface area contributed by atoms with Crippen LogP contribution in [-0.2, 0) is 28.7 Å². The highest BCUT2D eigenvalue weighted by Crippen LogP contribution is 2.38. The normalized spacial score (nSPS) is 12.8. The van der Waals surface area contributed by atoms with E-state index in [-0.39, 0.29) is 53.1 Å². The Kier molecular flexibility index (Phi) is 11.3. The largest absolute Gasteiger partial charge is 0.481 e. The van der Waals surface area contributed by atoms with Crippen molar-refractivity contribution in [3.05, 3.63) is 110 Å². The molecule has 0 fully saturated rings. The van der Waals surface area contributed by atoms with Crippen LogP contribution in [0.5, 0.6) is 0 Å². The van der Waals surface area contributed by atoms with Gasteiger partial charge in [0, 0.05) is 42.3 Å². The quantitative estimate of drug-likeness (QED) is 0.124. The van der Waals surface area contributed by atoms with Gasteiger partial charge in [-0.1, -0.05) is 19.8 Å². The Bertz CT molecular complexity index is 1990. The number of halogens is 6. The Morgan fingerprint density at radius 2 is 1.72 bits per heavy atom. The zero-order valence-electron chi connectivity index (χ0n) is 27.5. The fourth-order valence-corrected chi connectivity index (χ4v) is 6.01. The second-order valence-electron chi connectivity index (χ2n) is 12.4. The molecule has 14 heteroatoms. The Hall–Kier alpha value is -5.32. The van der Waals surface area contributed by atoms with E-state index in [1.807, 2.05) is 0 Å². The van der Waals surface area contributed by atoms with Crippen LogP contribution in [0.15, 0.2) is 54.0 Å². The van der Waals surface area contributed by atoms with Crippen molar-refractivity contribution in [2.45, 2.75) is 71.8 Å². The van der Waals surface area contributed by atoms with E-state index in [1.165, 1.54) is 30.9 Å². The molecule has 0 aliphatic heterocycles. The van der Waals surface area contributed by atoms with Crippen LogP contribution >= 0.6 is 0 Å². The zero-order valence-corrected chi connectivity index (χ0v) is 27.5. The topological polar surface area (TPSA) is 106 Å². The van der Waals surface area contributed by atoms with Gasteiger partial charge in [-0.3, -0.25) is 14.4 Å². The van der Waals surface area contributed by atoms with Crippen LogP contribution in [0.2, 0.25) is 0 Å². The van der Waals surface area contributed by atoms with Gasteiger partial charge in [0.25, 0.3) is 5.56 Å². The van der Waals surface area contributed by atoms with E-state index >= 15 is 8.78 Å². The molecule has 4 aromatic rings. The predicted octanol–water partition coefficient (Wildman–Crippen LogP) is 6.91. The van der Waals surface area contributed by atoms with Gasteiger partial charge in [-0.2, -0.15) is 13.2 Å². The minimum absolute atomic E-state index is 0.0580. The van der Waals surface area contributed by atoms with Gasteiger partial charge < -0.3 is 19.6 Å². The van der Waals surface area contributed by atoms with Crippen LogP contribution in [0.25, 0.3) is 11.1 Å². The van der Waals surface area contributed by atoms with Crippen molar-refractivity contribution in [1.82, 2.24) is 19.4 Å². The van der Waals surface area contributed by atoms with Crippen molar-refractivity contribution in [1.29, 1.82) is 0 Å². The number of aromatic nitrogens is 3. The highest BCUT2D eigenvalue weighted by Gasteiger charge is 2.36. The Labute approximate surface area is 283 Å². The number of carboxylic acids is 1. The van der Waals surface area contributed by atoms with Gasteiger partial charge in [-0.25, -0.2) is 18.2 Å². The molecule has 0 saturated heterocycles. The number of hydrogen-bond donors (Lipinski definition) is 2. The third-order valence-electron chi connectivity index (χ3n) is 8.20. The molecule has 2 N–H and O–H groups in total. The number of carboxylic acid groups (broad SMARTS) is 1. The lowest BCUT2D eigenvalue weighted by Gasteiger charge is -2.27. The van der Waals surface area contributed by atoms with Crippen molar-refractivity contribution in [2.24, 2.45) is 5.92 Å². The summed E-state index contributed by atoms with van der Waals surface area (Å²) >= 11 is 0. The summed E-state index contributed by atoms with van der Waals surface area (Å²) in [5, 5.41) is 12.1. The third kappa shape index (κ3) is 8.27. The van der Waals surface area contributed by atoms with Gasteiger partial charge in [-0.15, -0.1) is 6.42 Å². The summed E-state index contributed by atoms with van der Waals surface area (Å²) in [6.45, 7) is 6.39. The van der Waals surface area contributed by atoms with Gasteiger partial charge in [0.1, 0.15) is 23.5 Å². The molecule has 0 spiro atoms. The number of nitrogens with one attached hydrogen (secondary N) is 1. The number of carbonyl (C=O) groups excluding carboxylic acids is 1. The summed E-state index contributed by atoms with van der Waals surface area (Å²) in [5.41, 5.74) is -3.60. The second-order valence-corrected chi connectivity index (χ2v) is 12.4. The van der Waals surface area contributed by atoms with Gasteiger partial charge in [-0.05, 0) is 73.1 Å². The average molecular weight is 701 g/mol. The number of imidazole rings is 1. The first kappa shape index (κ1) is 37.5. The molecule has 4 rings (SSSR count). The van der Waals surface area contributed by atoms with E-state index in [0.717, 1.165) is 29.0 Å². The van der Waals surface area contributed by atoms with E-state index < -0.39 is 76.3 Å². The van der Waals surface area contributed by atoms with Gasteiger partial charge >= 0.3 is 12.1 Å². The lowest BCUT2D eigenvalue weighted by molar-refractivity contribution is -0.139. The van der Waals surface area contributed by atoms with Crippen LogP contribution in [-0.4, -0.2) is 31.1 Å². The minimum atomic E-state index is -4.90. The van der Waals surface area contributed by atoms with Crippen molar-refractivity contribution >= 4 is 11.9 Å². The molecule has 2 unspecified atom stereocenters. The molecule has 0 aliphatic carbocycles. The Balaban J connectivity index is 1.85. The first-order valence-electron chi connectivity index (χ1n) is 15.5. The second kappa shape index (κ2) is 15.1. The number of carbonyl (C=O) groups is 2. The smallest absolute Gasteiger partial charge is 0.416 e. The van der Waals surface area contributed by atoms with E-state index in [4.69, 9.17) is 6.42 Å². The molecule has 0 aliphatic rings. The van der Waals surface area contributed by atoms with Crippen molar-refractivity contribution in [3.8, 4) is 23.5 Å². The monoisotopic (exact) mass is 700 g/mol. The fraction of sp³-hybridized carbons (Fsp3) is 0.333. The highest BCUT2D eigenvalue weighted by atomic mass is 19.4. The number of hydrogen-bond acceptors (Lipinski definition) is 4. The maximum absolute atomic E-state index is 16.4. The lowest BCUT2D eigenvalue weighted by Crippen LogP contribution is -2.41. The summed E-state index contributed by atoms with van der Waals surface area (Å²) in [5.74, 6) is -4.08. The summed E-state index contributed by atoms with van der Waals surface area (Å²) in [6.07, 6.45) is 4.58. The third-order valence-corrected chi connectivity index (χ3v) is 8.20. The van der Waals surface area contributed by atoms with Gasteiger partial charge in [0.15, 0.2) is 0 Å². The highest BCUT2D eigenvalue weighted by molar-refractivity contribution is 5.82. The standard InChI is InChI=1S/C36H34F6N4O4/c1-6-22-14-25(31-20(4)12-24(37)13-21(31)5)34(39)32(33(22)38)27(16-30(48)49)44-35(50)28(11-19(2)3)46-17-23(7-9-45-10-8-43-18-45)26(15-29(46)47)36(40,41)42/h1,8,10,12-15,17-19,27-28H,7,9,11,16H2,2-5H3,(H,44,50)(H,48,49). The van der Waals surface area contributed by atoms with Crippen LogP contribution in [0.1, 0.15) is 72.2 Å². The Morgan fingerprint density at radius 1 is 1.06 bits per heavy atom. The van der Waals surface area contributed by atoms with Gasteiger partial charge in [0.2, 0.25) is 5.91 Å². The number of aryl methyl sites for hydroxylation is 4. The molecule has 2 atom stereocenters. The summed E-state index contributed by atoms with van der Waals surface area (Å²) in [6, 6.07) is 0.242. The molecule has 0 bridgehead atoms. The number of aliphatic carboxylic acids is 1. The molecule has 2 heterocycles. The Morgan fingerprint density at radius 3 is 2.26 bits per heavy atom. The van der Waals surface area contributed by atoms with E-state index in [9.17, 15) is 37.1 Å². The number of alkyl halides is 3. The average Bonchev–Trinajstić information content (AvgIpc) is 3.53. The number of pyridine rings is 1. The number of terminal acetylenes is 1. The lowest BCUT2D eigenvalue weighted by atomic mass is 9.89. The molecule has 8 nitrogen and oxygen atoms in total.